The molecule has 0 unspecified atom stereocenters. The van der Waals surface area contributed by atoms with E-state index in [1.165, 1.54) is 6.42 Å². The minimum Gasteiger partial charge on any atom is -0.370 e. The van der Waals surface area contributed by atoms with Crippen molar-refractivity contribution < 1.29 is 9.26 Å². The Morgan fingerprint density at radius 3 is 2.44 bits per heavy atom. The van der Waals surface area contributed by atoms with Gasteiger partial charge in [0.15, 0.2) is 0 Å². The highest BCUT2D eigenvalue weighted by Crippen LogP contribution is 2.38. The molecule has 1 saturated carbocycles. The summed E-state index contributed by atoms with van der Waals surface area (Å²) in [6.07, 6.45) is 5.51. The summed E-state index contributed by atoms with van der Waals surface area (Å²) in [6.45, 7) is 6.18. The average Bonchev–Trinajstić information content (AvgIpc) is 2.76. The highest BCUT2D eigenvalue weighted by molar-refractivity contribution is 5.24. The highest BCUT2D eigenvalue weighted by Gasteiger charge is 2.38. The van der Waals surface area contributed by atoms with Crippen LogP contribution in [0.5, 0.6) is 0 Å². The van der Waals surface area contributed by atoms with E-state index in [0.717, 1.165) is 25.7 Å². The van der Waals surface area contributed by atoms with Crippen LogP contribution in [0.4, 0.5) is 6.01 Å². The fraction of sp³-hybridized carbons (Fsp3) is 0.846. The van der Waals surface area contributed by atoms with Gasteiger partial charge in [-0.2, -0.15) is 4.98 Å². The molecule has 0 saturated heterocycles. The van der Waals surface area contributed by atoms with Gasteiger partial charge < -0.3 is 14.6 Å². The van der Waals surface area contributed by atoms with Crippen molar-refractivity contribution in [3.05, 3.63) is 5.82 Å². The third-order valence-corrected chi connectivity index (χ3v) is 3.37. The lowest BCUT2D eigenvalue weighted by Gasteiger charge is -2.32. The van der Waals surface area contributed by atoms with Crippen LogP contribution in [-0.4, -0.2) is 22.8 Å². The molecule has 1 aromatic rings. The van der Waals surface area contributed by atoms with Crippen LogP contribution in [0.15, 0.2) is 4.52 Å². The smallest absolute Gasteiger partial charge is 0.321 e. The van der Waals surface area contributed by atoms with E-state index in [1.807, 2.05) is 0 Å². The van der Waals surface area contributed by atoms with Crippen LogP contribution < -0.4 is 5.32 Å². The first-order valence-corrected chi connectivity index (χ1v) is 6.63. The number of anilines is 1. The molecule has 0 radical (unpaired) electrons. The number of nitrogens with one attached hydrogen (secondary N) is 1. The van der Waals surface area contributed by atoms with Gasteiger partial charge in [-0.1, -0.05) is 24.4 Å². The van der Waals surface area contributed by atoms with Gasteiger partial charge in [0.1, 0.15) is 5.60 Å². The maximum absolute atomic E-state index is 5.70. The normalized spacial score (nSPS) is 19.8. The van der Waals surface area contributed by atoms with Crippen LogP contribution >= 0.6 is 0 Å². The fourth-order valence-electron chi connectivity index (χ4n) is 2.42. The van der Waals surface area contributed by atoms with Crippen LogP contribution in [0.2, 0.25) is 0 Å². The molecule has 1 aromatic heterocycles. The van der Waals surface area contributed by atoms with E-state index in [-0.39, 0.29) is 11.1 Å². The van der Waals surface area contributed by atoms with Crippen molar-refractivity contribution in [3.63, 3.8) is 0 Å². The first kappa shape index (κ1) is 13.3. The molecule has 1 heterocycles. The molecule has 1 N–H and O–H groups in total. The van der Waals surface area contributed by atoms with Crippen LogP contribution in [0.25, 0.3) is 0 Å². The number of aromatic nitrogens is 2. The number of ether oxygens (including phenoxy) is 1. The molecule has 0 atom stereocenters. The molecule has 0 aromatic carbocycles. The molecule has 18 heavy (non-hydrogen) atoms. The van der Waals surface area contributed by atoms with E-state index in [9.17, 15) is 0 Å². The van der Waals surface area contributed by atoms with Crippen LogP contribution in [-0.2, 0) is 10.3 Å². The van der Waals surface area contributed by atoms with Gasteiger partial charge in [0.25, 0.3) is 0 Å². The summed E-state index contributed by atoms with van der Waals surface area (Å²) in [4.78, 5) is 4.45. The van der Waals surface area contributed by atoms with Crippen molar-refractivity contribution in [2.24, 2.45) is 0 Å². The van der Waals surface area contributed by atoms with Crippen molar-refractivity contribution in [2.75, 3.05) is 12.4 Å². The lowest BCUT2D eigenvalue weighted by atomic mass is 9.84. The Hall–Kier alpha value is -1.10. The third kappa shape index (κ3) is 2.83. The highest BCUT2D eigenvalue weighted by atomic mass is 16.5. The number of nitrogens with zero attached hydrogens (tertiary/aromatic N) is 2. The summed E-state index contributed by atoms with van der Waals surface area (Å²) in [5.74, 6) is 0.677. The topological polar surface area (TPSA) is 60.2 Å². The van der Waals surface area contributed by atoms with Gasteiger partial charge in [0.05, 0.1) is 0 Å². The molecule has 0 amide bonds. The minimum atomic E-state index is -0.348. The predicted molar refractivity (Wildman–Crippen MR) is 69.4 cm³/mol. The number of hydrogen-bond acceptors (Lipinski definition) is 5. The van der Waals surface area contributed by atoms with Crippen molar-refractivity contribution in [1.29, 1.82) is 0 Å². The van der Waals surface area contributed by atoms with Crippen molar-refractivity contribution >= 4 is 6.01 Å². The molecule has 5 heteroatoms. The van der Waals surface area contributed by atoms with Crippen molar-refractivity contribution in [3.8, 4) is 0 Å². The van der Waals surface area contributed by atoms with E-state index in [0.29, 0.717) is 11.8 Å². The first-order valence-electron chi connectivity index (χ1n) is 6.63. The van der Waals surface area contributed by atoms with Gasteiger partial charge in [0, 0.05) is 12.6 Å². The van der Waals surface area contributed by atoms with Gasteiger partial charge in [-0.3, -0.25) is 0 Å². The summed E-state index contributed by atoms with van der Waals surface area (Å²) >= 11 is 0. The molecule has 1 aliphatic carbocycles. The maximum Gasteiger partial charge on any atom is 0.321 e. The van der Waals surface area contributed by atoms with Gasteiger partial charge in [-0.25, -0.2) is 0 Å². The summed E-state index contributed by atoms with van der Waals surface area (Å²) in [5.41, 5.74) is -0.434. The summed E-state index contributed by atoms with van der Waals surface area (Å²) < 4.78 is 11.0. The Morgan fingerprint density at radius 2 is 1.89 bits per heavy atom. The molecular formula is C13H23N3O2. The van der Waals surface area contributed by atoms with Crippen LogP contribution in [0, 0.1) is 0 Å². The number of hydrogen-bond donors (Lipinski definition) is 1. The standard InChI is InChI=1S/C13H23N3O2/c1-12(2,3)15-11-14-10(16-18-11)13(17-4)8-6-5-7-9-13/h5-9H2,1-4H3,(H,14,15,16). The molecule has 0 spiro atoms. The zero-order chi connectivity index (χ0) is 13.2. The van der Waals surface area contributed by atoms with Crippen molar-refractivity contribution in [2.45, 2.75) is 64.0 Å². The Balaban J connectivity index is 2.17. The molecule has 1 aliphatic rings. The van der Waals surface area contributed by atoms with E-state index >= 15 is 0 Å². The van der Waals surface area contributed by atoms with Gasteiger partial charge in [-0.05, 0) is 33.6 Å². The van der Waals surface area contributed by atoms with E-state index < -0.39 is 0 Å². The zero-order valence-electron chi connectivity index (χ0n) is 11.7. The second-order valence-electron chi connectivity index (χ2n) is 6.06. The lowest BCUT2D eigenvalue weighted by Crippen LogP contribution is -2.32. The Kier molecular flexibility index (Phi) is 3.61. The Bertz CT molecular complexity index is 389. The molecule has 102 valence electrons. The van der Waals surface area contributed by atoms with Crippen LogP contribution in [0.1, 0.15) is 58.7 Å². The number of rotatable bonds is 3. The molecular weight excluding hydrogens is 230 g/mol. The largest absolute Gasteiger partial charge is 0.370 e. The van der Waals surface area contributed by atoms with E-state index in [2.05, 4.69) is 36.2 Å². The Labute approximate surface area is 108 Å². The summed E-state index contributed by atoms with van der Waals surface area (Å²) in [7, 11) is 1.73. The second-order valence-corrected chi connectivity index (χ2v) is 6.06. The van der Waals surface area contributed by atoms with Crippen molar-refractivity contribution in [1.82, 2.24) is 10.1 Å². The third-order valence-electron chi connectivity index (χ3n) is 3.37. The quantitative estimate of drug-likeness (QED) is 0.897. The van der Waals surface area contributed by atoms with Gasteiger partial charge >= 0.3 is 6.01 Å². The second kappa shape index (κ2) is 4.88. The van der Waals surface area contributed by atoms with Gasteiger partial charge in [0.2, 0.25) is 5.82 Å². The minimum absolute atomic E-state index is 0.0867. The number of methoxy groups -OCH3 is 1. The molecule has 0 bridgehead atoms. The zero-order valence-corrected chi connectivity index (χ0v) is 11.7. The van der Waals surface area contributed by atoms with Crippen LogP contribution in [0.3, 0.4) is 0 Å². The molecule has 0 aliphatic heterocycles. The molecule has 5 nitrogen and oxygen atoms in total. The van der Waals surface area contributed by atoms with E-state index in [1.54, 1.807) is 7.11 Å². The molecule has 2 rings (SSSR count). The summed E-state index contributed by atoms with van der Waals surface area (Å²) in [6, 6.07) is 0.472. The fourth-order valence-corrected chi connectivity index (χ4v) is 2.42. The average molecular weight is 253 g/mol. The first-order chi connectivity index (χ1) is 8.45. The monoisotopic (exact) mass is 253 g/mol. The van der Waals surface area contributed by atoms with Gasteiger partial charge in [-0.15, -0.1) is 0 Å². The summed E-state index contributed by atoms with van der Waals surface area (Å²) in [5, 5.41) is 7.28. The Morgan fingerprint density at radius 1 is 1.22 bits per heavy atom. The molecule has 1 fully saturated rings. The SMILES string of the molecule is COC1(c2noc(NC(C)(C)C)n2)CCCCC1. The predicted octanol–water partition coefficient (Wildman–Crippen LogP) is 3.09. The lowest BCUT2D eigenvalue weighted by molar-refractivity contribution is -0.0527. The van der Waals surface area contributed by atoms with E-state index in [4.69, 9.17) is 9.26 Å². The maximum atomic E-state index is 5.70.